The van der Waals surface area contributed by atoms with Crippen LogP contribution in [0.5, 0.6) is 0 Å². The van der Waals surface area contributed by atoms with Crippen LogP contribution < -0.4 is 10.5 Å². The predicted octanol–water partition coefficient (Wildman–Crippen LogP) is 1.24. The highest BCUT2D eigenvalue weighted by Gasteiger charge is 2.17. The number of benzene rings is 1. The van der Waals surface area contributed by atoms with Gasteiger partial charge in [-0.2, -0.15) is 5.10 Å². The van der Waals surface area contributed by atoms with Crippen molar-refractivity contribution in [3.8, 4) is 0 Å². The van der Waals surface area contributed by atoms with Crippen molar-refractivity contribution in [2.45, 2.75) is 11.8 Å². The second-order valence-electron chi connectivity index (χ2n) is 3.67. The molecule has 0 atom stereocenters. The molecular weight excluding hydrogens is 259 g/mol. The standard InChI is InChI=1S/C10H11FN4O2S/c1-6-9(12)10(14-13-6)15-18(16,17)8-4-2-7(11)3-5-8/h2-5H,12H2,1H3,(H2,13,14,15). The average molecular weight is 270 g/mol. The fourth-order valence-electron chi connectivity index (χ4n) is 1.32. The summed E-state index contributed by atoms with van der Waals surface area (Å²) < 4.78 is 38.8. The first-order valence-electron chi connectivity index (χ1n) is 4.99. The van der Waals surface area contributed by atoms with Crippen molar-refractivity contribution in [1.29, 1.82) is 0 Å². The van der Waals surface area contributed by atoms with E-state index in [2.05, 4.69) is 14.9 Å². The molecule has 2 aromatic rings. The minimum atomic E-state index is -3.82. The number of aromatic amines is 1. The van der Waals surface area contributed by atoms with Crippen molar-refractivity contribution >= 4 is 21.5 Å². The fourth-order valence-corrected chi connectivity index (χ4v) is 2.34. The van der Waals surface area contributed by atoms with Gasteiger partial charge in [0.1, 0.15) is 5.82 Å². The number of nitrogen functional groups attached to an aromatic ring is 1. The van der Waals surface area contributed by atoms with E-state index in [-0.39, 0.29) is 16.4 Å². The quantitative estimate of drug-likeness (QED) is 0.781. The van der Waals surface area contributed by atoms with E-state index in [9.17, 15) is 12.8 Å². The maximum Gasteiger partial charge on any atom is 0.263 e. The number of aromatic nitrogens is 2. The molecule has 0 fully saturated rings. The summed E-state index contributed by atoms with van der Waals surface area (Å²) in [6.45, 7) is 1.66. The Bertz CT molecular complexity index is 664. The second kappa shape index (κ2) is 4.30. The van der Waals surface area contributed by atoms with Crippen LogP contribution in [0.3, 0.4) is 0 Å². The summed E-state index contributed by atoms with van der Waals surface area (Å²) >= 11 is 0. The lowest BCUT2D eigenvalue weighted by Crippen LogP contribution is -2.14. The van der Waals surface area contributed by atoms with Gasteiger partial charge in [0.2, 0.25) is 0 Å². The van der Waals surface area contributed by atoms with Crippen molar-refractivity contribution < 1.29 is 12.8 Å². The minimum Gasteiger partial charge on any atom is -0.394 e. The lowest BCUT2D eigenvalue weighted by molar-refractivity contribution is 0.599. The van der Waals surface area contributed by atoms with Gasteiger partial charge in [-0.3, -0.25) is 9.82 Å². The number of anilines is 2. The predicted molar refractivity (Wildman–Crippen MR) is 64.9 cm³/mol. The SMILES string of the molecule is Cc1[nH]nc(NS(=O)(=O)c2ccc(F)cc2)c1N. The molecule has 0 saturated carbocycles. The summed E-state index contributed by atoms with van der Waals surface area (Å²) in [6, 6.07) is 4.45. The molecule has 0 aliphatic carbocycles. The number of H-pyrrole nitrogens is 1. The molecule has 8 heteroatoms. The van der Waals surface area contributed by atoms with Gasteiger partial charge < -0.3 is 5.73 Å². The zero-order valence-corrected chi connectivity index (χ0v) is 10.3. The third-order valence-corrected chi connectivity index (χ3v) is 3.70. The van der Waals surface area contributed by atoms with Gasteiger partial charge >= 0.3 is 0 Å². The monoisotopic (exact) mass is 270 g/mol. The molecule has 1 aromatic heterocycles. The smallest absolute Gasteiger partial charge is 0.263 e. The Kier molecular flexibility index (Phi) is 2.95. The van der Waals surface area contributed by atoms with E-state index in [0.717, 1.165) is 24.3 Å². The number of halogens is 1. The third kappa shape index (κ3) is 2.28. The number of rotatable bonds is 3. The Balaban J connectivity index is 2.33. The molecule has 96 valence electrons. The Labute approximate surface area is 103 Å². The lowest BCUT2D eigenvalue weighted by Gasteiger charge is -2.06. The molecule has 6 nitrogen and oxygen atoms in total. The highest BCUT2D eigenvalue weighted by molar-refractivity contribution is 7.92. The highest BCUT2D eigenvalue weighted by Crippen LogP contribution is 2.21. The molecule has 4 N–H and O–H groups in total. The number of aryl methyl sites for hydroxylation is 1. The first kappa shape index (κ1) is 12.4. The molecule has 0 aliphatic rings. The van der Waals surface area contributed by atoms with Crippen LogP contribution in [0.2, 0.25) is 0 Å². The highest BCUT2D eigenvalue weighted by atomic mass is 32.2. The van der Waals surface area contributed by atoms with E-state index < -0.39 is 15.8 Å². The van der Waals surface area contributed by atoms with Crippen LogP contribution in [0.15, 0.2) is 29.2 Å². The molecule has 1 aromatic carbocycles. The molecule has 0 radical (unpaired) electrons. The largest absolute Gasteiger partial charge is 0.394 e. The average Bonchev–Trinajstić information content (AvgIpc) is 2.61. The summed E-state index contributed by atoms with van der Waals surface area (Å²) in [5.74, 6) is -0.485. The van der Waals surface area contributed by atoms with E-state index in [1.165, 1.54) is 0 Å². The van der Waals surface area contributed by atoms with Crippen LogP contribution in [0.25, 0.3) is 0 Å². The summed E-state index contributed by atoms with van der Waals surface area (Å²) in [7, 11) is -3.82. The number of nitrogens with two attached hydrogens (primary N) is 1. The van der Waals surface area contributed by atoms with Gasteiger partial charge in [-0.15, -0.1) is 0 Å². The van der Waals surface area contributed by atoms with Crippen molar-refractivity contribution in [1.82, 2.24) is 10.2 Å². The van der Waals surface area contributed by atoms with E-state index in [1.54, 1.807) is 6.92 Å². The summed E-state index contributed by atoms with van der Waals surface area (Å²) in [5.41, 5.74) is 6.42. The Morgan fingerprint density at radius 2 is 1.94 bits per heavy atom. The van der Waals surface area contributed by atoms with Gasteiger partial charge in [0.15, 0.2) is 5.82 Å². The Morgan fingerprint density at radius 1 is 1.33 bits per heavy atom. The molecule has 18 heavy (non-hydrogen) atoms. The van der Waals surface area contributed by atoms with Crippen molar-refractivity contribution in [2.24, 2.45) is 0 Å². The minimum absolute atomic E-state index is 0.0248. The molecule has 2 rings (SSSR count). The van der Waals surface area contributed by atoms with Crippen molar-refractivity contribution in [3.63, 3.8) is 0 Å². The third-order valence-electron chi connectivity index (χ3n) is 2.35. The van der Waals surface area contributed by atoms with Crippen LogP contribution in [-0.4, -0.2) is 18.6 Å². The van der Waals surface area contributed by atoms with Crippen LogP contribution in [0.1, 0.15) is 5.69 Å². The zero-order chi connectivity index (χ0) is 13.3. The summed E-state index contributed by atoms with van der Waals surface area (Å²) in [4.78, 5) is -0.0658. The number of sulfonamides is 1. The molecule has 0 spiro atoms. The van der Waals surface area contributed by atoms with Gasteiger partial charge in [0.05, 0.1) is 16.3 Å². The Hall–Kier alpha value is -2.09. The van der Waals surface area contributed by atoms with Crippen LogP contribution in [0, 0.1) is 12.7 Å². The van der Waals surface area contributed by atoms with E-state index in [4.69, 9.17) is 5.73 Å². The molecule has 1 heterocycles. The molecular formula is C10H11FN4O2S. The second-order valence-corrected chi connectivity index (χ2v) is 5.35. The lowest BCUT2D eigenvalue weighted by atomic mass is 10.4. The molecule has 0 aliphatic heterocycles. The summed E-state index contributed by atoms with van der Waals surface area (Å²) in [5, 5.41) is 6.29. The molecule has 0 amide bonds. The molecule has 0 unspecified atom stereocenters. The van der Waals surface area contributed by atoms with E-state index in [1.807, 2.05) is 0 Å². The van der Waals surface area contributed by atoms with Gasteiger partial charge in [0.25, 0.3) is 10.0 Å². The van der Waals surface area contributed by atoms with Crippen LogP contribution in [-0.2, 0) is 10.0 Å². The van der Waals surface area contributed by atoms with Gasteiger partial charge in [-0.05, 0) is 31.2 Å². The van der Waals surface area contributed by atoms with Crippen molar-refractivity contribution in [3.05, 3.63) is 35.8 Å². The number of hydrogen-bond acceptors (Lipinski definition) is 4. The first-order valence-corrected chi connectivity index (χ1v) is 6.47. The Morgan fingerprint density at radius 3 is 2.44 bits per heavy atom. The van der Waals surface area contributed by atoms with Gasteiger partial charge in [-0.25, -0.2) is 12.8 Å². The molecule has 0 bridgehead atoms. The number of nitrogens with one attached hydrogen (secondary N) is 2. The van der Waals surface area contributed by atoms with Gasteiger partial charge in [-0.1, -0.05) is 0 Å². The van der Waals surface area contributed by atoms with Crippen molar-refractivity contribution in [2.75, 3.05) is 10.5 Å². The normalized spacial score (nSPS) is 11.4. The van der Waals surface area contributed by atoms with Crippen LogP contribution in [0.4, 0.5) is 15.9 Å². The van der Waals surface area contributed by atoms with Gasteiger partial charge in [0, 0.05) is 0 Å². The maximum atomic E-state index is 12.7. The van der Waals surface area contributed by atoms with E-state index in [0.29, 0.717) is 5.69 Å². The zero-order valence-electron chi connectivity index (χ0n) is 9.44. The topological polar surface area (TPSA) is 101 Å². The number of hydrogen-bond donors (Lipinski definition) is 3. The van der Waals surface area contributed by atoms with Crippen LogP contribution >= 0.6 is 0 Å². The number of nitrogens with zero attached hydrogens (tertiary/aromatic N) is 1. The summed E-state index contributed by atoms with van der Waals surface area (Å²) in [6.07, 6.45) is 0. The fraction of sp³-hybridized carbons (Fsp3) is 0.100. The maximum absolute atomic E-state index is 12.7. The first-order chi connectivity index (χ1) is 8.40. The molecule has 0 saturated heterocycles. The van der Waals surface area contributed by atoms with E-state index >= 15 is 0 Å².